The van der Waals surface area contributed by atoms with Crippen molar-refractivity contribution < 1.29 is 27.1 Å². The number of hydrogen-bond acceptors (Lipinski definition) is 5. The van der Waals surface area contributed by atoms with Crippen LogP contribution in [0.25, 0.3) is 0 Å². The van der Waals surface area contributed by atoms with Gasteiger partial charge in [-0.3, -0.25) is 9.52 Å². The molecule has 0 aliphatic heterocycles. The van der Waals surface area contributed by atoms with E-state index in [1.165, 1.54) is 37.4 Å². The highest BCUT2D eigenvalue weighted by atomic mass is 32.2. The van der Waals surface area contributed by atoms with Gasteiger partial charge in [-0.1, -0.05) is 12.1 Å². The number of hydrogen-bond donors (Lipinski definition) is 2. The van der Waals surface area contributed by atoms with Crippen molar-refractivity contribution in [3.63, 3.8) is 0 Å². The number of nitrogens with one attached hydrogen (secondary N) is 2. The maximum absolute atomic E-state index is 13.0. The lowest BCUT2D eigenvalue weighted by Crippen LogP contribution is -2.21. The average Bonchev–Trinajstić information content (AvgIpc) is 2.74. The first kappa shape index (κ1) is 22.1. The van der Waals surface area contributed by atoms with E-state index in [1.54, 1.807) is 31.2 Å². The maximum atomic E-state index is 13.0. The molecule has 3 aromatic carbocycles. The zero-order valence-electron chi connectivity index (χ0n) is 16.9. The smallest absolute Gasteiger partial charge is 0.262 e. The lowest BCUT2D eigenvalue weighted by atomic mass is 10.2. The molecule has 1 amide bonds. The number of carbonyl (C=O) groups is 1. The molecule has 0 saturated carbocycles. The molecule has 0 atom stereocenters. The molecule has 0 fully saturated rings. The fourth-order valence-electron chi connectivity index (χ4n) is 2.76. The summed E-state index contributed by atoms with van der Waals surface area (Å²) in [6.07, 6.45) is 0. The molecule has 0 aliphatic rings. The van der Waals surface area contributed by atoms with Gasteiger partial charge in [-0.2, -0.15) is 0 Å². The molecule has 7 nitrogen and oxygen atoms in total. The summed E-state index contributed by atoms with van der Waals surface area (Å²) >= 11 is 0. The third kappa shape index (κ3) is 5.73. The van der Waals surface area contributed by atoms with Crippen LogP contribution in [0, 0.1) is 12.7 Å². The molecule has 2 N–H and O–H groups in total. The van der Waals surface area contributed by atoms with Crippen molar-refractivity contribution in [1.29, 1.82) is 0 Å². The lowest BCUT2D eigenvalue weighted by Gasteiger charge is -2.13. The standard InChI is InChI=1S/C22H21FN2O5S/c1-15-13-18(31(27,28)25-17-9-7-16(23)8-10-17)11-12-20(15)30-14-22(26)24-19-5-3-4-6-21(19)29-2/h3-13,25H,14H2,1-2H3,(H,24,26). The van der Waals surface area contributed by atoms with E-state index in [1.807, 2.05) is 0 Å². The average molecular weight is 444 g/mol. The SMILES string of the molecule is COc1ccccc1NC(=O)COc1ccc(S(=O)(=O)Nc2ccc(F)cc2)cc1C. The topological polar surface area (TPSA) is 93.7 Å². The molecule has 0 heterocycles. The van der Waals surface area contributed by atoms with Crippen molar-refractivity contribution in [3.05, 3.63) is 78.1 Å². The van der Waals surface area contributed by atoms with Gasteiger partial charge in [0.25, 0.3) is 15.9 Å². The molecule has 31 heavy (non-hydrogen) atoms. The van der Waals surface area contributed by atoms with Crippen LogP contribution in [0.5, 0.6) is 11.5 Å². The van der Waals surface area contributed by atoms with E-state index in [2.05, 4.69) is 10.0 Å². The predicted octanol–water partition coefficient (Wildman–Crippen LogP) is 3.96. The minimum Gasteiger partial charge on any atom is -0.495 e. The summed E-state index contributed by atoms with van der Waals surface area (Å²) in [6, 6.07) is 16.2. The van der Waals surface area contributed by atoms with Gasteiger partial charge in [0.15, 0.2) is 6.61 Å². The van der Waals surface area contributed by atoms with Crippen molar-refractivity contribution in [2.24, 2.45) is 0 Å². The Balaban J connectivity index is 1.65. The van der Waals surface area contributed by atoms with Crippen molar-refractivity contribution in [2.75, 3.05) is 23.8 Å². The molecule has 0 saturated heterocycles. The van der Waals surface area contributed by atoms with Gasteiger partial charge < -0.3 is 14.8 Å². The summed E-state index contributed by atoms with van der Waals surface area (Å²) in [5, 5.41) is 2.70. The van der Waals surface area contributed by atoms with Gasteiger partial charge in [0.1, 0.15) is 17.3 Å². The van der Waals surface area contributed by atoms with E-state index in [0.717, 1.165) is 12.1 Å². The summed E-state index contributed by atoms with van der Waals surface area (Å²) in [5.74, 6) is 0.0415. The van der Waals surface area contributed by atoms with Crippen molar-refractivity contribution >= 4 is 27.3 Å². The maximum Gasteiger partial charge on any atom is 0.262 e. The molecule has 0 aliphatic carbocycles. The van der Waals surface area contributed by atoms with E-state index in [4.69, 9.17) is 9.47 Å². The number of aryl methyl sites for hydroxylation is 1. The van der Waals surface area contributed by atoms with Gasteiger partial charge in [0, 0.05) is 5.69 Å². The Bertz CT molecular complexity index is 1180. The second kappa shape index (κ2) is 9.48. The number of methoxy groups -OCH3 is 1. The monoisotopic (exact) mass is 444 g/mol. The summed E-state index contributed by atoms with van der Waals surface area (Å²) in [4.78, 5) is 12.2. The molecule has 0 radical (unpaired) electrons. The Hall–Kier alpha value is -3.59. The van der Waals surface area contributed by atoms with Crippen LogP contribution in [0.1, 0.15) is 5.56 Å². The minimum atomic E-state index is -3.87. The van der Waals surface area contributed by atoms with E-state index in [9.17, 15) is 17.6 Å². The molecular weight excluding hydrogens is 423 g/mol. The zero-order chi connectivity index (χ0) is 22.4. The van der Waals surface area contributed by atoms with Crippen LogP contribution in [0.3, 0.4) is 0 Å². The first-order valence-corrected chi connectivity index (χ1v) is 10.7. The first-order chi connectivity index (χ1) is 14.8. The predicted molar refractivity (Wildman–Crippen MR) is 116 cm³/mol. The van der Waals surface area contributed by atoms with Gasteiger partial charge in [-0.05, 0) is 67.1 Å². The molecule has 3 aromatic rings. The fourth-order valence-corrected chi connectivity index (χ4v) is 3.90. The lowest BCUT2D eigenvalue weighted by molar-refractivity contribution is -0.118. The normalized spacial score (nSPS) is 10.9. The number of para-hydroxylation sites is 2. The largest absolute Gasteiger partial charge is 0.495 e. The molecule has 162 valence electrons. The van der Waals surface area contributed by atoms with Crippen LogP contribution in [0.2, 0.25) is 0 Å². The number of anilines is 2. The van der Waals surface area contributed by atoms with Crippen LogP contribution in [-0.4, -0.2) is 28.0 Å². The third-order valence-corrected chi connectivity index (χ3v) is 5.67. The van der Waals surface area contributed by atoms with Crippen molar-refractivity contribution in [2.45, 2.75) is 11.8 Å². The van der Waals surface area contributed by atoms with E-state index < -0.39 is 21.7 Å². The van der Waals surface area contributed by atoms with Gasteiger partial charge in [-0.25, -0.2) is 12.8 Å². The molecule has 0 bridgehead atoms. The molecule has 0 aromatic heterocycles. The highest BCUT2D eigenvalue weighted by Crippen LogP contribution is 2.25. The first-order valence-electron chi connectivity index (χ1n) is 9.23. The molecular formula is C22H21FN2O5S. The van der Waals surface area contributed by atoms with Gasteiger partial charge in [-0.15, -0.1) is 0 Å². The Morgan fingerprint density at radius 1 is 1.00 bits per heavy atom. The molecule has 9 heteroatoms. The number of carbonyl (C=O) groups excluding carboxylic acids is 1. The number of benzene rings is 3. The van der Waals surface area contributed by atoms with Crippen LogP contribution in [0.15, 0.2) is 71.6 Å². The summed E-state index contributed by atoms with van der Waals surface area (Å²) in [5.41, 5.74) is 1.29. The van der Waals surface area contributed by atoms with Gasteiger partial charge in [0.05, 0.1) is 17.7 Å². The molecule has 0 unspecified atom stereocenters. The number of sulfonamides is 1. The van der Waals surface area contributed by atoms with Crippen LogP contribution in [0.4, 0.5) is 15.8 Å². The number of halogens is 1. The number of amides is 1. The summed E-state index contributed by atoms with van der Waals surface area (Å²) in [7, 11) is -2.36. The minimum absolute atomic E-state index is 0.0140. The third-order valence-electron chi connectivity index (χ3n) is 4.29. The van der Waals surface area contributed by atoms with E-state index in [-0.39, 0.29) is 17.2 Å². The molecule has 3 rings (SSSR count). The van der Waals surface area contributed by atoms with Crippen LogP contribution >= 0.6 is 0 Å². The second-order valence-corrected chi connectivity index (χ2v) is 8.26. The van der Waals surface area contributed by atoms with Crippen LogP contribution in [-0.2, 0) is 14.8 Å². The fraction of sp³-hybridized carbons (Fsp3) is 0.136. The highest BCUT2D eigenvalue weighted by Gasteiger charge is 2.16. The Labute approximate surface area is 179 Å². The Morgan fingerprint density at radius 2 is 1.71 bits per heavy atom. The van der Waals surface area contributed by atoms with Crippen LogP contribution < -0.4 is 19.5 Å². The summed E-state index contributed by atoms with van der Waals surface area (Å²) in [6.45, 7) is 1.41. The molecule has 0 spiro atoms. The number of rotatable bonds is 8. The van der Waals surface area contributed by atoms with Crippen molar-refractivity contribution in [1.82, 2.24) is 0 Å². The van der Waals surface area contributed by atoms with Crippen molar-refractivity contribution in [3.8, 4) is 11.5 Å². The highest BCUT2D eigenvalue weighted by molar-refractivity contribution is 7.92. The number of ether oxygens (including phenoxy) is 2. The zero-order valence-corrected chi connectivity index (χ0v) is 17.7. The Morgan fingerprint density at radius 3 is 2.39 bits per heavy atom. The quantitative estimate of drug-likeness (QED) is 0.549. The van der Waals surface area contributed by atoms with Gasteiger partial charge >= 0.3 is 0 Å². The summed E-state index contributed by atoms with van der Waals surface area (Å²) < 4.78 is 51.2. The van der Waals surface area contributed by atoms with E-state index in [0.29, 0.717) is 22.7 Å². The van der Waals surface area contributed by atoms with Gasteiger partial charge in [0.2, 0.25) is 0 Å². The Kier molecular flexibility index (Phi) is 6.76. The second-order valence-electron chi connectivity index (χ2n) is 6.58. The van der Waals surface area contributed by atoms with E-state index >= 15 is 0 Å².